The van der Waals surface area contributed by atoms with E-state index in [4.69, 9.17) is 0 Å². The van der Waals surface area contributed by atoms with E-state index in [2.05, 4.69) is 17.3 Å². The Morgan fingerprint density at radius 3 is 2.56 bits per heavy atom. The summed E-state index contributed by atoms with van der Waals surface area (Å²) in [5, 5.41) is 7.65. The van der Waals surface area contributed by atoms with Crippen molar-refractivity contribution in [1.29, 1.82) is 0 Å². The minimum absolute atomic E-state index is 0. The van der Waals surface area contributed by atoms with E-state index in [1.807, 2.05) is 17.7 Å². The van der Waals surface area contributed by atoms with Crippen LogP contribution in [0, 0.1) is 12.7 Å². The summed E-state index contributed by atoms with van der Waals surface area (Å²) in [6, 6.07) is 8.51. The van der Waals surface area contributed by atoms with E-state index in [0.717, 1.165) is 23.6 Å². The number of nitrogens with zero attached hydrogens (tertiary/aromatic N) is 2. The summed E-state index contributed by atoms with van der Waals surface area (Å²) in [7, 11) is 0. The second kappa shape index (κ2) is 6.40. The molecule has 0 unspecified atom stereocenters. The Labute approximate surface area is 112 Å². The molecule has 0 bridgehead atoms. The minimum atomic E-state index is -0.205. The molecule has 1 heterocycles. The highest BCUT2D eigenvalue weighted by atomic mass is 35.5. The summed E-state index contributed by atoms with van der Waals surface area (Å²) in [5.74, 6) is 0.789. The molecule has 0 saturated heterocycles. The molecule has 3 nitrogen and oxygen atoms in total. The SMILES string of the molecule is CCn1nc(C)cc1NCc1ccc(F)cc1.Cl. The third-order valence-corrected chi connectivity index (χ3v) is 2.59. The number of anilines is 1. The highest BCUT2D eigenvalue weighted by Crippen LogP contribution is 2.12. The summed E-state index contributed by atoms with van der Waals surface area (Å²) in [6.45, 7) is 5.52. The Morgan fingerprint density at radius 1 is 1.28 bits per heavy atom. The van der Waals surface area contributed by atoms with E-state index in [9.17, 15) is 4.39 Å². The van der Waals surface area contributed by atoms with Crippen molar-refractivity contribution in [2.75, 3.05) is 5.32 Å². The van der Waals surface area contributed by atoms with Crippen molar-refractivity contribution in [3.8, 4) is 0 Å². The van der Waals surface area contributed by atoms with Crippen molar-refractivity contribution >= 4 is 18.2 Å². The molecule has 2 aromatic rings. The molecule has 0 radical (unpaired) electrons. The van der Waals surface area contributed by atoms with Crippen LogP contribution in [0.3, 0.4) is 0 Å². The molecular weight excluding hydrogens is 253 g/mol. The van der Waals surface area contributed by atoms with Crippen LogP contribution < -0.4 is 5.32 Å². The molecule has 18 heavy (non-hydrogen) atoms. The fourth-order valence-electron chi connectivity index (χ4n) is 1.72. The molecule has 2 rings (SSSR count). The van der Waals surface area contributed by atoms with Crippen molar-refractivity contribution in [2.45, 2.75) is 26.9 Å². The molecule has 0 aliphatic carbocycles. The zero-order valence-corrected chi connectivity index (χ0v) is 11.3. The molecule has 0 saturated carbocycles. The average molecular weight is 270 g/mol. The maximum absolute atomic E-state index is 12.7. The van der Waals surface area contributed by atoms with Crippen LogP contribution in [0.2, 0.25) is 0 Å². The van der Waals surface area contributed by atoms with Gasteiger partial charge in [0.2, 0.25) is 0 Å². The van der Waals surface area contributed by atoms with Crippen molar-refractivity contribution in [3.05, 3.63) is 47.4 Å². The fraction of sp³-hybridized carbons (Fsp3) is 0.308. The van der Waals surface area contributed by atoms with Crippen LogP contribution in [-0.2, 0) is 13.1 Å². The Balaban J connectivity index is 0.00000162. The summed E-state index contributed by atoms with van der Waals surface area (Å²) in [4.78, 5) is 0. The first kappa shape index (κ1) is 14.5. The number of halogens is 2. The van der Waals surface area contributed by atoms with Crippen LogP contribution >= 0.6 is 12.4 Å². The first-order valence-electron chi connectivity index (χ1n) is 5.72. The molecule has 0 fully saturated rings. The zero-order chi connectivity index (χ0) is 12.3. The number of nitrogens with one attached hydrogen (secondary N) is 1. The average Bonchev–Trinajstić information content (AvgIpc) is 2.69. The topological polar surface area (TPSA) is 29.9 Å². The fourth-order valence-corrected chi connectivity index (χ4v) is 1.72. The van der Waals surface area contributed by atoms with Gasteiger partial charge in [-0.2, -0.15) is 5.10 Å². The van der Waals surface area contributed by atoms with E-state index in [-0.39, 0.29) is 18.2 Å². The summed E-state index contributed by atoms with van der Waals surface area (Å²) in [6.07, 6.45) is 0. The van der Waals surface area contributed by atoms with Gasteiger partial charge >= 0.3 is 0 Å². The Morgan fingerprint density at radius 2 is 1.94 bits per heavy atom. The number of benzene rings is 1. The van der Waals surface area contributed by atoms with Crippen LogP contribution in [0.4, 0.5) is 10.2 Å². The normalized spacial score (nSPS) is 9.94. The van der Waals surface area contributed by atoms with E-state index >= 15 is 0 Å². The van der Waals surface area contributed by atoms with Gasteiger partial charge in [-0.15, -0.1) is 12.4 Å². The van der Waals surface area contributed by atoms with Gasteiger partial charge in [0.05, 0.1) is 5.69 Å². The van der Waals surface area contributed by atoms with Gasteiger partial charge in [0, 0.05) is 19.2 Å². The van der Waals surface area contributed by atoms with Gasteiger partial charge in [0.25, 0.3) is 0 Å². The monoisotopic (exact) mass is 269 g/mol. The Hall–Kier alpha value is -1.55. The van der Waals surface area contributed by atoms with Gasteiger partial charge in [-0.05, 0) is 31.5 Å². The highest BCUT2D eigenvalue weighted by Gasteiger charge is 2.03. The van der Waals surface area contributed by atoms with Gasteiger partial charge in [-0.1, -0.05) is 12.1 Å². The third-order valence-electron chi connectivity index (χ3n) is 2.59. The summed E-state index contributed by atoms with van der Waals surface area (Å²) < 4.78 is 14.7. The minimum Gasteiger partial charge on any atom is -0.366 e. The van der Waals surface area contributed by atoms with Gasteiger partial charge in [0.1, 0.15) is 11.6 Å². The highest BCUT2D eigenvalue weighted by molar-refractivity contribution is 5.85. The van der Waals surface area contributed by atoms with E-state index < -0.39 is 0 Å². The lowest BCUT2D eigenvalue weighted by Gasteiger charge is -2.07. The number of aromatic nitrogens is 2. The van der Waals surface area contributed by atoms with Crippen molar-refractivity contribution in [2.24, 2.45) is 0 Å². The molecule has 0 aliphatic heterocycles. The maximum atomic E-state index is 12.7. The molecule has 98 valence electrons. The largest absolute Gasteiger partial charge is 0.366 e. The summed E-state index contributed by atoms with van der Waals surface area (Å²) in [5.41, 5.74) is 2.04. The third kappa shape index (κ3) is 3.47. The Bertz CT molecular complexity index is 493. The lowest BCUT2D eigenvalue weighted by Crippen LogP contribution is -2.06. The van der Waals surface area contributed by atoms with Crippen LogP contribution in [0.1, 0.15) is 18.2 Å². The van der Waals surface area contributed by atoms with E-state index in [0.29, 0.717) is 6.54 Å². The van der Waals surface area contributed by atoms with Crippen LogP contribution in [-0.4, -0.2) is 9.78 Å². The van der Waals surface area contributed by atoms with E-state index in [1.54, 1.807) is 12.1 Å². The molecular formula is C13H17ClFN3. The number of hydrogen-bond donors (Lipinski definition) is 1. The smallest absolute Gasteiger partial charge is 0.124 e. The molecule has 0 spiro atoms. The van der Waals surface area contributed by atoms with Crippen LogP contribution in [0.5, 0.6) is 0 Å². The van der Waals surface area contributed by atoms with Crippen LogP contribution in [0.15, 0.2) is 30.3 Å². The van der Waals surface area contributed by atoms with Gasteiger partial charge < -0.3 is 5.32 Å². The number of hydrogen-bond acceptors (Lipinski definition) is 2. The van der Waals surface area contributed by atoms with Gasteiger partial charge in [0.15, 0.2) is 0 Å². The first-order valence-corrected chi connectivity index (χ1v) is 5.72. The van der Waals surface area contributed by atoms with Gasteiger partial charge in [-0.25, -0.2) is 9.07 Å². The Kier molecular flexibility index (Phi) is 5.16. The summed E-state index contributed by atoms with van der Waals surface area (Å²) >= 11 is 0. The number of rotatable bonds is 4. The molecule has 1 aromatic carbocycles. The first-order chi connectivity index (χ1) is 8.19. The molecule has 0 aliphatic rings. The predicted molar refractivity (Wildman–Crippen MR) is 73.6 cm³/mol. The number of aryl methyl sites for hydroxylation is 2. The molecule has 0 atom stereocenters. The molecule has 5 heteroatoms. The lowest BCUT2D eigenvalue weighted by molar-refractivity contribution is 0.627. The van der Waals surface area contributed by atoms with Crippen molar-refractivity contribution in [3.63, 3.8) is 0 Å². The van der Waals surface area contributed by atoms with E-state index in [1.165, 1.54) is 12.1 Å². The van der Waals surface area contributed by atoms with Gasteiger partial charge in [-0.3, -0.25) is 0 Å². The van der Waals surface area contributed by atoms with Crippen molar-refractivity contribution in [1.82, 2.24) is 9.78 Å². The molecule has 1 aromatic heterocycles. The maximum Gasteiger partial charge on any atom is 0.124 e. The lowest BCUT2D eigenvalue weighted by atomic mass is 10.2. The second-order valence-corrected chi connectivity index (χ2v) is 3.97. The zero-order valence-electron chi connectivity index (χ0n) is 10.5. The second-order valence-electron chi connectivity index (χ2n) is 3.97. The molecule has 1 N–H and O–H groups in total. The quantitative estimate of drug-likeness (QED) is 0.922. The molecule has 0 amide bonds. The van der Waals surface area contributed by atoms with Crippen LogP contribution in [0.25, 0.3) is 0 Å². The predicted octanol–water partition coefficient (Wildman–Crippen LogP) is 3.38. The van der Waals surface area contributed by atoms with Crippen molar-refractivity contribution < 1.29 is 4.39 Å². The standard InChI is InChI=1S/C13H16FN3.ClH/c1-3-17-13(8-10(2)16-17)15-9-11-4-6-12(14)7-5-11;/h4-8,15H,3,9H2,1-2H3;1H.